The quantitative estimate of drug-likeness (QED) is 0.437. The molecule has 0 rings (SSSR count). The third-order valence-corrected chi connectivity index (χ3v) is 1.07. The van der Waals surface area contributed by atoms with E-state index in [4.69, 9.17) is 16.7 Å². The van der Waals surface area contributed by atoms with Crippen LogP contribution in [0.25, 0.3) is 0 Å². The number of allylic oxidation sites excluding steroid dienone is 1. The van der Waals surface area contributed by atoms with Crippen LogP contribution in [0.15, 0.2) is 12.2 Å². The van der Waals surface area contributed by atoms with Crippen molar-refractivity contribution in [2.24, 2.45) is 17.4 Å². The molecule has 0 spiro atoms. The van der Waals surface area contributed by atoms with E-state index in [2.05, 4.69) is 6.07 Å². The van der Waals surface area contributed by atoms with Crippen LogP contribution < -0.4 is 11.5 Å². The van der Waals surface area contributed by atoms with Gasteiger partial charge in [0.1, 0.15) is 0 Å². The lowest BCUT2D eigenvalue weighted by atomic mass is 10.1. The Labute approximate surface area is 61.3 Å². The second-order valence-corrected chi connectivity index (χ2v) is 2.27. The first-order chi connectivity index (χ1) is 4.66. The zero-order chi connectivity index (χ0) is 7.98. The summed E-state index contributed by atoms with van der Waals surface area (Å²) in [5.41, 5.74) is 10.5. The fourth-order valence-electron chi connectivity index (χ4n) is 0.493. The van der Waals surface area contributed by atoms with Crippen molar-refractivity contribution in [1.29, 1.82) is 5.26 Å². The summed E-state index contributed by atoms with van der Waals surface area (Å²) >= 11 is 0. The highest BCUT2D eigenvalue weighted by atomic mass is 14.8. The Hall–Kier alpha value is -0.850. The first kappa shape index (κ1) is 9.15. The van der Waals surface area contributed by atoms with E-state index in [0.29, 0.717) is 0 Å². The third-order valence-electron chi connectivity index (χ3n) is 1.07. The van der Waals surface area contributed by atoms with Gasteiger partial charge in [-0.15, -0.1) is 0 Å². The highest BCUT2D eigenvalue weighted by molar-refractivity contribution is 4.93. The van der Waals surface area contributed by atoms with E-state index >= 15 is 0 Å². The van der Waals surface area contributed by atoms with Gasteiger partial charge in [-0.25, -0.2) is 0 Å². The lowest BCUT2D eigenvalue weighted by Crippen LogP contribution is -2.27. The molecule has 3 heteroatoms. The maximum absolute atomic E-state index is 8.35. The van der Waals surface area contributed by atoms with Crippen molar-refractivity contribution in [1.82, 2.24) is 0 Å². The molecule has 0 saturated heterocycles. The van der Waals surface area contributed by atoms with Crippen LogP contribution in [0.1, 0.15) is 13.3 Å². The van der Waals surface area contributed by atoms with Crippen molar-refractivity contribution in [2.75, 3.05) is 0 Å². The predicted octanol–water partition coefficient (Wildman–Crippen LogP) is 0.336. The Bertz CT molecular complexity index is 143. The summed E-state index contributed by atoms with van der Waals surface area (Å²) in [6.45, 7) is 1.85. The molecule has 0 saturated carbocycles. The molecule has 3 nitrogen and oxygen atoms in total. The maximum atomic E-state index is 8.35. The van der Waals surface area contributed by atoms with E-state index in [1.807, 2.05) is 13.0 Å². The Morgan fingerprint density at radius 1 is 1.60 bits per heavy atom. The number of nitrogens with two attached hydrogens (primary N) is 2. The minimum Gasteiger partial charge on any atom is -0.313 e. The summed E-state index contributed by atoms with van der Waals surface area (Å²) in [6, 6.07) is 2.11. The zero-order valence-corrected chi connectivity index (χ0v) is 6.12. The van der Waals surface area contributed by atoms with Crippen LogP contribution in [-0.4, -0.2) is 6.17 Å². The Kier molecular flexibility index (Phi) is 4.55. The smallest absolute Gasteiger partial charge is 0.0713 e. The molecule has 0 aliphatic heterocycles. The topological polar surface area (TPSA) is 75.8 Å². The minimum absolute atomic E-state index is 0.0509. The van der Waals surface area contributed by atoms with Crippen LogP contribution in [0.3, 0.4) is 0 Å². The van der Waals surface area contributed by atoms with Gasteiger partial charge in [0.25, 0.3) is 0 Å². The first-order valence-electron chi connectivity index (χ1n) is 3.24. The lowest BCUT2D eigenvalue weighted by Gasteiger charge is -1.96. The molecular formula is C7H13N3. The van der Waals surface area contributed by atoms with Gasteiger partial charge in [0, 0.05) is 5.92 Å². The van der Waals surface area contributed by atoms with Crippen molar-refractivity contribution < 1.29 is 0 Å². The van der Waals surface area contributed by atoms with E-state index in [1.165, 1.54) is 0 Å². The molecule has 0 radical (unpaired) electrons. The lowest BCUT2D eigenvalue weighted by molar-refractivity contribution is 0.752. The summed E-state index contributed by atoms with van der Waals surface area (Å²) in [5, 5.41) is 8.35. The van der Waals surface area contributed by atoms with E-state index in [1.54, 1.807) is 6.08 Å². The van der Waals surface area contributed by atoms with Crippen molar-refractivity contribution in [3.8, 4) is 6.07 Å². The van der Waals surface area contributed by atoms with Gasteiger partial charge >= 0.3 is 0 Å². The normalized spacial score (nSPS) is 13.9. The summed E-state index contributed by atoms with van der Waals surface area (Å²) < 4.78 is 0. The summed E-state index contributed by atoms with van der Waals surface area (Å²) in [5.74, 6) is 0.0509. The molecule has 0 aromatic carbocycles. The first-order valence-corrected chi connectivity index (χ1v) is 3.24. The molecule has 1 unspecified atom stereocenters. The molecule has 0 fully saturated rings. The molecule has 0 aromatic rings. The molecule has 0 heterocycles. The molecule has 0 amide bonds. The molecule has 10 heavy (non-hydrogen) atoms. The predicted molar refractivity (Wildman–Crippen MR) is 40.7 cm³/mol. The van der Waals surface area contributed by atoms with Gasteiger partial charge < -0.3 is 11.5 Å². The third kappa shape index (κ3) is 5.29. The fourth-order valence-corrected chi connectivity index (χ4v) is 0.493. The van der Waals surface area contributed by atoms with E-state index in [0.717, 1.165) is 6.42 Å². The zero-order valence-electron chi connectivity index (χ0n) is 6.12. The van der Waals surface area contributed by atoms with Crippen LogP contribution >= 0.6 is 0 Å². The van der Waals surface area contributed by atoms with Gasteiger partial charge in [-0.1, -0.05) is 12.2 Å². The number of nitriles is 1. The van der Waals surface area contributed by atoms with Gasteiger partial charge in [-0.05, 0) is 13.3 Å². The van der Waals surface area contributed by atoms with Gasteiger partial charge in [0.2, 0.25) is 0 Å². The average molecular weight is 139 g/mol. The van der Waals surface area contributed by atoms with Gasteiger partial charge in [0.05, 0.1) is 12.2 Å². The maximum Gasteiger partial charge on any atom is 0.0713 e. The Morgan fingerprint density at radius 3 is 2.60 bits per heavy atom. The molecule has 0 aliphatic rings. The second-order valence-electron chi connectivity index (χ2n) is 2.27. The minimum atomic E-state index is -0.397. The SMILES string of the molecule is CC(C#N)C/C=C\C(N)N. The highest BCUT2D eigenvalue weighted by Crippen LogP contribution is 1.99. The van der Waals surface area contributed by atoms with Crippen molar-refractivity contribution >= 4 is 0 Å². The summed E-state index contributed by atoms with van der Waals surface area (Å²) in [4.78, 5) is 0. The van der Waals surface area contributed by atoms with E-state index in [-0.39, 0.29) is 5.92 Å². The van der Waals surface area contributed by atoms with Crippen LogP contribution in [0.4, 0.5) is 0 Å². The molecule has 0 aliphatic carbocycles. The van der Waals surface area contributed by atoms with E-state index in [9.17, 15) is 0 Å². The van der Waals surface area contributed by atoms with Crippen LogP contribution in [0.5, 0.6) is 0 Å². The number of nitrogens with zero attached hydrogens (tertiary/aromatic N) is 1. The molecule has 56 valence electrons. The van der Waals surface area contributed by atoms with Gasteiger partial charge in [-0.2, -0.15) is 5.26 Å². The molecular weight excluding hydrogens is 126 g/mol. The molecule has 0 bridgehead atoms. The van der Waals surface area contributed by atoms with Crippen molar-refractivity contribution in [2.45, 2.75) is 19.5 Å². The summed E-state index contributed by atoms with van der Waals surface area (Å²) in [7, 11) is 0. The van der Waals surface area contributed by atoms with Gasteiger partial charge in [0.15, 0.2) is 0 Å². The van der Waals surface area contributed by atoms with E-state index < -0.39 is 6.17 Å². The second kappa shape index (κ2) is 4.98. The number of rotatable bonds is 3. The van der Waals surface area contributed by atoms with Crippen LogP contribution in [0.2, 0.25) is 0 Å². The average Bonchev–Trinajstić information content (AvgIpc) is 1.87. The Balaban J connectivity index is 3.46. The standard InChI is InChI=1S/C7H13N3/c1-6(5-8)3-2-4-7(9)10/h2,4,6-7H,3,9-10H2,1H3/b4-2-. The van der Waals surface area contributed by atoms with Crippen LogP contribution in [-0.2, 0) is 0 Å². The fraction of sp³-hybridized carbons (Fsp3) is 0.571. The molecule has 1 atom stereocenters. The van der Waals surface area contributed by atoms with Crippen molar-refractivity contribution in [3.05, 3.63) is 12.2 Å². The molecule has 0 aromatic heterocycles. The Morgan fingerprint density at radius 2 is 2.20 bits per heavy atom. The largest absolute Gasteiger partial charge is 0.313 e. The highest BCUT2D eigenvalue weighted by Gasteiger charge is 1.93. The van der Waals surface area contributed by atoms with Crippen LogP contribution in [0, 0.1) is 17.2 Å². The molecule has 4 N–H and O–H groups in total. The van der Waals surface area contributed by atoms with Crippen molar-refractivity contribution in [3.63, 3.8) is 0 Å². The van der Waals surface area contributed by atoms with Gasteiger partial charge in [-0.3, -0.25) is 0 Å². The number of hydrogen-bond donors (Lipinski definition) is 2. The number of hydrogen-bond acceptors (Lipinski definition) is 3. The monoisotopic (exact) mass is 139 g/mol. The summed E-state index contributed by atoms with van der Waals surface area (Å²) in [6.07, 6.45) is 3.85.